The minimum atomic E-state index is -0.00727. The van der Waals surface area contributed by atoms with Gasteiger partial charge in [-0.15, -0.1) is 0 Å². The van der Waals surface area contributed by atoms with E-state index in [0.29, 0.717) is 6.54 Å². The van der Waals surface area contributed by atoms with Crippen molar-refractivity contribution in [1.82, 2.24) is 4.90 Å². The highest BCUT2D eigenvalue weighted by molar-refractivity contribution is 5.79. The third-order valence-corrected chi connectivity index (χ3v) is 2.89. The van der Waals surface area contributed by atoms with E-state index >= 15 is 0 Å². The SMILES string of the molecule is CC(CCN)C(=O)N1CCCC1CO. The molecule has 1 amide bonds. The molecule has 0 radical (unpaired) electrons. The minimum absolute atomic E-state index is 0.00727. The van der Waals surface area contributed by atoms with Crippen molar-refractivity contribution in [2.24, 2.45) is 11.7 Å². The number of amides is 1. The van der Waals surface area contributed by atoms with Crippen LogP contribution >= 0.6 is 0 Å². The lowest BCUT2D eigenvalue weighted by Crippen LogP contribution is -2.41. The Morgan fingerprint density at radius 1 is 1.71 bits per heavy atom. The van der Waals surface area contributed by atoms with Crippen molar-refractivity contribution in [3.63, 3.8) is 0 Å². The van der Waals surface area contributed by atoms with Gasteiger partial charge >= 0.3 is 0 Å². The predicted molar refractivity (Wildman–Crippen MR) is 54.7 cm³/mol. The van der Waals surface area contributed by atoms with Crippen LogP contribution in [-0.4, -0.2) is 41.7 Å². The smallest absolute Gasteiger partial charge is 0.225 e. The lowest BCUT2D eigenvalue weighted by Gasteiger charge is -2.26. The number of likely N-dealkylation sites (tertiary alicyclic amines) is 1. The molecule has 2 unspecified atom stereocenters. The molecule has 14 heavy (non-hydrogen) atoms. The quantitative estimate of drug-likeness (QED) is 0.669. The third-order valence-electron chi connectivity index (χ3n) is 2.89. The molecule has 4 heteroatoms. The first-order valence-electron chi connectivity index (χ1n) is 5.32. The fourth-order valence-electron chi connectivity index (χ4n) is 1.97. The summed E-state index contributed by atoms with van der Waals surface area (Å²) in [6, 6.07) is 0.0442. The molecule has 0 aliphatic carbocycles. The van der Waals surface area contributed by atoms with Crippen molar-refractivity contribution in [2.45, 2.75) is 32.2 Å². The molecule has 1 heterocycles. The first-order valence-corrected chi connectivity index (χ1v) is 5.32. The van der Waals surface area contributed by atoms with Gasteiger partial charge in [-0.2, -0.15) is 0 Å². The van der Waals surface area contributed by atoms with Crippen molar-refractivity contribution in [3.05, 3.63) is 0 Å². The molecule has 0 saturated carbocycles. The summed E-state index contributed by atoms with van der Waals surface area (Å²) in [5.74, 6) is 0.138. The summed E-state index contributed by atoms with van der Waals surface area (Å²) < 4.78 is 0. The molecule has 2 atom stereocenters. The van der Waals surface area contributed by atoms with Gasteiger partial charge in [-0.3, -0.25) is 4.79 Å². The van der Waals surface area contributed by atoms with E-state index in [4.69, 9.17) is 10.8 Å². The number of rotatable bonds is 4. The van der Waals surface area contributed by atoms with Crippen LogP contribution in [0.15, 0.2) is 0 Å². The van der Waals surface area contributed by atoms with Crippen LogP contribution < -0.4 is 5.73 Å². The molecule has 4 nitrogen and oxygen atoms in total. The second-order valence-corrected chi connectivity index (χ2v) is 3.99. The lowest BCUT2D eigenvalue weighted by atomic mass is 10.1. The van der Waals surface area contributed by atoms with Crippen LogP contribution in [0, 0.1) is 5.92 Å². The maximum absolute atomic E-state index is 11.9. The maximum Gasteiger partial charge on any atom is 0.225 e. The zero-order valence-electron chi connectivity index (χ0n) is 8.78. The van der Waals surface area contributed by atoms with Gasteiger partial charge in [-0.25, -0.2) is 0 Å². The highest BCUT2D eigenvalue weighted by Crippen LogP contribution is 2.20. The Bertz CT molecular complexity index is 197. The molecule has 1 aliphatic rings. The van der Waals surface area contributed by atoms with E-state index in [9.17, 15) is 4.79 Å². The molecule has 0 spiro atoms. The van der Waals surface area contributed by atoms with Gasteiger partial charge < -0.3 is 15.7 Å². The van der Waals surface area contributed by atoms with Crippen molar-refractivity contribution < 1.29 is 9.90 Å². The number of aliphatic hydroxyl groups is 1. The number of hydrogen-bond donors (Lipinski definition) is 2. The van der Waals surface area contributed by atoms with Crippen LogP contribution in [-0.2, 0) is 4.79 Å². The van der Waals surface area contributed by atoms with Crippen LogP contribution in [0.3, 0.4) is 0 Å². The fraction of sp³-hybridized carbons (Fsp3) is 0.900. The summed E-state index contributed by atoms with van der Waals surface area (Å²) in [5.41, 5.74) is 5.41. The van der Waals surface area contributed by atoms with Gasteiger partial charge in [0.25, 0.3) is 0 Å². The summed E-state index contributed by atoms with van der Waals surface area (Å²) in [6.07, 6.45) is 2.66. The van der Waals surface area contributed by atoms with E-state index in [1.807, 2.05) is 6.92 Å². The fourth-order valence-corrected chi connectivity index (χ4v) is 1.97. The largest absolute Gasteiger partial charge is 0.394 e. The summed E-state index contributed by atoms with van der Waals surface area (Å²) in [6.45, 7) is 3.33. The second kappa shape index (κ2) is 5.32. The number of aliphatic hydroxyl groups excluding tert-OH is 1. The van der Waals surface area contributed by atoms with Crippen molar-refractivity contribution in [1.29, 1.82) is 0 Å². The molecule has 1 fully saturated rings. The van der Waals surface area contributed by atoms with Gasteiger partial charge in [-0.1, -0.05) is 6.92 Å². The number of nitrogens with two attached hydrogens (primary N) is 1. The molecular formula is C10H20N2O2. The van der Waals surface area contributed by atoms with Crippen LogP contribution in [0.5, 0.6) is 0 Å². The molecule has 1 aliphatic heterocycles. The van der Waals surface area contributed by atoms with E-state index < -0.39 is 0 Å². The van der Waals surface area contributed by atoms with Gasteiger partial charge in [0.15, 0.2) is 0 Å². The molecule has 3 N–H and O–H groups in total. The number of carbonyl (C=O) groups is 1. The Balaban J connectivity index is 2.50. The minimum Gasteiger partial charge on any atom is -0.394 e. The van der Waals surface area contributed by atoms with E-state index in [1.54, 1.807) is 4.90 Å². The molecule has 0 aromatic rings. The van der Waals surface area contributed by atoms with E-state index in [1.165, 1.54) is 0 Å². The summed E-state index contributed by atoms with van der Waals surface area (Å²) in [5, 5.41) is 9.08. The average molecular weight is 200 g/mol. The first kappa shape index (κ1) is 11.5. The summed E-state index contributed by atoms with van der Waals surface area (Å²) in [7, 11) is 0. The van der Waals surface area contributed by atoms with Crippen LogP contribution in [0.1, 0.15) is 26.2 Å². The third kappa shape index (κ3) is 2.45. The van der Waals surface area contributed by atoms with Gasteiger partial charge in [-0.05, 0) is 25.8 Å². The molecule has 0 bridgehead atoms. The zero-order valence-corrected chi connectivity index (χ0v) is 8.78. The monoisotopic (exact) mass is 200 g/mol. The summed E-state index contributed by atoms with van der Waals surface area (Å²) in [4.78, 5) is 13.7. The van der Waals surface area contributed by atoms with Crippen LogP contribution in [0.4, 0.5) is 0 Å². The van der Waals surface area contributed by atoms with Crippen molar-refractivity contribution in [2.75, 3.05) is 19.7 Å². The highest BCUT2D eigenvalue weighted by Gasteiger charge is 2.30. The van der Waals surface area contributed by atoms with Gasteiger partial charge in [0, 0.05) is 12.5 Å². The van der Waals surface area contributed by atoms with Gasteiger partial charge in [0.05, 0.1) is 12.6 Å². The van der Waals surface area contributed by atoms with Gasteiger partial charge in [0.1, 0.15) is 0 Å². The number of hydrogen-bond acceptors (Lipinski definition) is 3. The van der Waals surface area contributed by atoms with Crippen molar-refractivity contribution in [3.8, 4) is 0 Å². The molecule has 1 rings (SSSR count). The standard InChI is InChI=1S/C10H20N2O2/c1-8(4-5-11)10(14)12-6-2-3-9(12)7-13/h8-9,13H,2-7,11H2,1H3. The normalized spacial score (nSPS) is 23.9. The Morgan fingerprint density at radius 2 is 2.43 bits per heavy atom. The lowest BCUT2D eigenvalue weighted by molar-refractivity contribution is -0.136. The zero-order chi connectivity index (χ0) is 10.6. The Hall–Kier alpha value is -0.610. The van der Waals surface area contributed by atoms with Gasteiger partial charge in [0.2, 0.25) is 5.91 Å². The predicted octanol–water partition coefficient (Wildman–Crippen LogP) is -0.0454. The van der Waals surface area contributed by atoms with E-state index in [2.05, 4.69) is 0 Å². The Labute approximate surface area is 85.1 Å². The van der Waals surface area contributed by atoms with E-state index in [0.717, 1.165) is 25.8 Å². The van der Waals surface area contributed by atoms with Crippen LogP contribution in [0.25, 0.3) is 0 Å². The number of carbonyl (C=O) groups excluding carboxylic acids is 1. The molecule has 1 saturated heterocycles. The topological polar surface area (TPSA) is 66.6 Å². The Morgan fingerprint density at radius 3 is 3.00 bits per heavy atom. The highest BCUT2D eigenvalue weighted by atomic mass is 16.3. The average Bonchev–Trinajstić information content (AvgIpc) is 2.64. The molecule has 0 aromatic carbocycles. The molecule has 82 valence electrons. The first-order chi connectivity index (χ1) is 6.70. The molecule has 0 aromatic heterocycles. The molecular weight excluding hydrogens is 180 g/mol. The van der Waals surface area contributed by atoms with Crippen LogP contribution in [0.2, 0.25) is 0 Å². The van der Waals surface area contributed by atoms with E-state index in [-0.39, 0.29) is 24.5 Å². The van der Waals surface area contributed by atoms with Crippen molar-refractivity contribution >= 4 is 5.91 Å². The summed E-state index contributed by atoms with van der Waals surface area (Å²) >= 11 is 0. The maximum atomic E-state index is 11.9. The number of nitrogens with zero attached hydrogens (tertiary/aromatic N) is 1. The Kier molecular flexibility index (Phi) is 4.35. The second-order valence-electron chi connectivity index (χ2n) is 3.99.